The van der Waals surface area contributed by atoms with Gasteiger partial charge in [-0.2, -0.15) is 0 Å². The Morgan fingerprint density at radius 1 is 1.16 bits per heavy atom. The Hall–Kier alpha value is -3.73. The summed E-state index contributed by atoms with van der Waals surface area (Å²) >= 11 is 0. The molecule has 3 heterocycles. The van der Waals surface area contributed by atoms with Crippen LogP contribution in [0.1, 0.15) is 47.2 Å². The number of fused-ring (bicyclic) bond motifs is 1. The number of hydrogen-bond donors (Lipinski definition) is 1. The number of nitrogens with one attached hydrogen (secondary N) is 1. The molecule has 0 saturated carbocycles. The fraction of sp³-hybridized carbons (Fsp3) is 0.387. The third kappa shape index (κ3) is 5.88. The van der Waals surface area contributed by atoms with Crippen LogP contribution in [0.3, 0.4) is 0 Å². The van der Waals surface area contributed by atoms with E-state index in [2.05, 4.69) is 36.2 Å². The van der Waals surface area contributed by atoms with Crippen molar-refractivity contribution >= 4 is 28.4 Å². The van der Waals surface area contributed by atoms with Crippen LogP contribution < -0.4 is 10.2 Å². The Morgan fingerprint density at radius 2 is 2.00 bits per heavy atom. The Labute approximate surface area is 224 Å². The van der Waals surface area contributed by atoms with E-state index in [1.54, 1.807) is 6.20 Å². The van der Waals surface area contributed by atoms with E-state index in [1.807, 2.05) is 46.2 Å². The van der Waals surface area contributed by atoms with Crippen molar-refractivity contribution in [2.24, 2.45) is 0 Å². The minimum Gasteiger partial charge on any atom is -0.378 e. The first kappa shape index (κ1) is 25.9. The molecule has 2 saturated heterocycles. The van der Waals surface area contributed by atoms with Gasteiger partial charge >= 0.3 is 0 Å². The Kier molecular flexibility index (Phi) is 8.32. The van der Waals surface area contributed by atoms with E-state index in [9.17, 15) is 9.59 Å². The van der Waals surface area contributed by atoms with Gasteiger partial charge in [-0.05, 0) is 61.5 Å². The lowest BCUT2D eigenvalue weighted by molar-refractivity contribution is -0.135. The molecule has 2 amide bonds. The third-order valence-corrected chi connectivity index (χ3v) is 7.23. The maximum atomic E-state index is 14.1. The predicted octanol–water partition coefficient (Wildman–Crippen LogP) is 3.93. The zero-order valence-electron chi connectivity index (χ0n) is 21.9. The quantitative estimate of drug-likeness (QED) is 0.527. The van der Waals surface area contributed by atoms with E-state index >= 15 is 0 Å². The second-order valence-corrected chi connectivity index (χ2v) is 9.86. The summed E-state index contributed by atoms with van der Waals surface area (Å²) in [6.07, 6.45) is 4.58. The largest absolute Gasteiger partial charge is 0.378 e. The molecular weight excluding hydrogens is 476 g/mol. The summed E-state index contributed by atoms with van der Waals surface area (Å²) in [6.45, 7) is 6.24. The molecule has 7 nitrogen and oxygen atoms in total. The van der Waals surface area contributed by atoms with Gasteiger partial charge in [0, 0.05) is 55.2 Å². The molecule has 2 fully saturated rings. The molecule has 0 spiro atoms. The summed E-state index contributed by atoms with van der Waals surface area (Å²) in [6, 6.07) is 15.6. The van der Waals surface area contributed by atoms with E-state index in [-0.39, 0.29) is 17.9 Å². The van der Waals surface area contributed by atoms with Crippen LogP contribution in [-0.4, -0.2) is 67.1 Å². The molecule has 2 aromatic carbocycles. The molecule has 7 heteroatoms. The predicted molar refractivity (Wildman–Crippen MR) is 149 cm³/mol. The highest BCUT2D eigenvalue weighted by Crippen LogP contribution is 2.31. The number of anilines is 1. The number of aryl methyl sites for hydroxylation is 1. The molecule has 3 aromatic rings. The zero-order chi connectivity index (χ0) is 26.3. The van der Waals surface area contributed by atoms with E-state index in [0.29, 0.717) is 50.5 Å². The van der Waals surface area contributed by atoms with Gasteiger partial charge in [-0.1, -0.05) is 36.1 Å². The number of pyridine rings is 1. The molecule has 0 unspecified atom stereocenters. The Bertz CT molecular complexity index is 1360. The lowest BCUT2D eigenvalue weighted by Gasteiger charge is -2.35. The van der Waals surface area contributed by atoms with Crippen molar-refractivity contribution in [3.63, 3.8) is 0 Å². The van der Waals surface area contributed by atoms with E-state index in [1.165, 1.54) is 0 Å². The van der Waals surface area contributed by atoms with Crippen molar-refractivity contribution in [3.05, 3.63) is 71.4 Å². The number of rotatable bonds is 5. The second kappa shape index (κ2) is 12.2. The number of aromatic nitrogens is 1. The fourth-order valence-electron chi connectivity index (χ4n) is 5.23. The summed E-state index contributed by atoms with van der Waals surface area (Å²) in [7, 11) is 0. The summed E-state index contributed by atoms with van der Waals surface area (Å²) < 4.78 is 5.31. The number of piperidine rings is 1. The van der Waals surface area contributed by atoms with Crippen LogP contribution in [0.25, 0.3) is 10.8 Å². The van der Waals surface area contributed by atoms with Crippen LogP contribution >= 0.6 is 0 Å². The molecule has 2 aliphatic heterocycles. The number of morpholine rings is 1. The maximum Gasteiger partial charge on any atom is 0.259 e. The van der Waals surface area contributed by atoms with Gasteiger partial charge in [0.2, 0.25) is 5.91 Å². The topological polar surface area (TPSA) is 74.8 Å². The number of benzene rings is 2. The van der Waals surface area contributed by atoms with E-state index < -0.39 is 0 Å². The highest BCUT2D eigenvalue weighted by Gasteiger charge is 2.30. The number of hydrogen-bond acceptors (Lipinski definition) is 5. The van der Waals surface area contributed by atoms with Gasteiger partial charge in [-0.25, -0.2) is 4.98 Å². The molecule has 1 aromatic heterocycles. The van der Waals surface area contributed by atoms with Crippen molar-refractivity contribution in [3.8, 4) is 11.8 Å². The first-order chi connectivity index (χ1) is 18.6. The molecule has 0 bridgehead atoms. The SMILES string of the molecule is Cc1cccc2ccnc(N(C(=O)c3cccc(C#CCCC(=O)N4CCOCC4)c3)[C@@H]3CCCNC3)c12. The average molecular weight is 511 g/mol. The second-order valence-electron chi connectivity index (χ2n) is 9.86. The van der Waals surface area contributed by atoms with E-state index in [0.717, 1.165) is 47.8 Å². The van der Waals surface area contributed by atoms with Crippen molar-refractivity contribution in [1.82, 2.24) is 15.2 Å². The number of carbonyl (C=O) groups excluding carboxylic acids is 2. The van der Waals surface area contributed by atoms with Crippen LogP contribution in [0.4, 0.5) is 5.82 Å². The van der Waals surface area contributed by atoms with Gasteiger partial charge in [0.1, 0.15) is 5.82 Å². The lowest BCUT2D eigenvalue weighted by Crippen LogP contribution is -2.49. The van der Waals surface area contributed by atoms with Gasteiger partial charge in [0.15, 0.2) is 0 Å². The van der Waals surface area contributed by atoms with Crippen molar-refractivity contribution < 1.29 is 14.3 Å². The maximum absolute atomic E-state index is 14.1. The van der Waals surface area contributed by atoms with Gasteiger partial charge in [0.25, 0.3) is 5.91 Å². The van der Waals surface area contributed by atoms with Gasteiger partial charge in [-0.15, -0.1) is 0 Å². The minimum atomic E-state index is -0.0758. The highest BCUT2D eigenvalue weighted by atomic mass is 16.5. The molecule has 5 rings (SSSR count). The average Bonchev–Trinajstić information content (AvgIpc) is 2.97. The van der Waals surface area contributed by atoms with Crippen LogP contribution in [0.5, 0.6) is 0 Å². The van der Waals surface area contributed by atoms with Gasteiger partial charge < -0.3 is 15.0 Å². The molecule has 196 valence electrons. The summed E-state index contributed by atoms with van der Waals surface area (Å²) in [5.41, 5.74) is 2.44. The first-order valence-electron chi connectivity index (χ1n) is 13.4. The van der Waals surface area contributed by atoms with Crippen LogP contribution in [0, 0.1) is 18.8 Å². The Balaban J connectivity index is 1.38. The van der Waals surface area contributed by atoms with Gasteiger partial charge in [0.05, 0.1) is 19.3 Å². The van der Waals surface area contributed by atoms with Crippen molar-refractivity contribution in [2.45, 2.75) is 38.6 Å². The van der Waals surface area contributed by atoms with Crippen LogP contribution in [-0.2, 0) is 9.53 Å². The summed E-state index contributed by atoms with van der Waals surface area (Å²) in [5, 5.41) is 5.53. The summed E-state index contributed by atoms with van der Waals surface area (Å²) in [4.78, 5) is 34.9. The molecule has 2 aliphatic rings. The first-order valence-corrected chi connectivity index (χ1v) is 13.4. The minimum absolute atomic E-state index is 0.00916. The lowest BCUT2D eigenvalue weighted by atomic mass is 10.0. The molecule has 0 radical (unpaired) electrons. The number of carbonyl (C=O) groups is 2. The Morgan fingerprint density at radius 3 is 2.82 bits per heavy atom. The van der Waals surface area contributed by atoms with Crippen molar-refractivity contribution in [2.75, 3.05) is 44.3 Å². The number of amides is 2. The monoisotopic (exact) mass is 510 g/mol. The molecule has 1 atom stereocenters. The normalized spacial score (nSPS) is 17.5. The number of nitrogens with zero attached hydrogens (tertiary/aromatic N) is 3. The fourth-order valence-corrected chi connectivity index (χ4v) is 5.23. The van der Waals surface area contributed by atoms with Crippen LogP contribution in [0.2, 0.25) is 0 Å². The molecule has 0 aliphatic carbocycles. The van der Waals surface area contributed by atoms with Crippen LogP contribution in [0.15, 0.2) is 54.7 Å². The molecule has 38 heavy (non-hydrogen) atoms. The van der Waals surface area contributed by atoms with E-state index in [4.69, 9.17) is 9.72 Å². The van der Waals surface area contributed by atoms with Gasteiger partial charge in [-0.3, -0.25) is 14.5 Å². The zero-order valence-corrected chi connectivity index (χ0v) is 21.9. The third-order valence-electron chi connectivity index (χ3n) is 7.23. The molecular formula is C31H34N4O3. The smallest absolute Gasteiger partial charge is 0.259 e. The highest BCUT2D eigenvalue weighted by molar-refractivity contribution is 6.11. The standard InChI is InChI=1S/C31H34N4O3/c1-23-7-4-10-25-14-16-33-30(29(23)25)35(27-12-6-15-32-22-27)31(37)26-11-5-9-24(21-26)8-2-3-13-28(36)34-17-19-38-20-18-34/h4-5,7,9-11,14,16,21,27,32H,3,6,12-13,15,17-20,22H2,1H3/t27-/m1/s1. The summed E-state index contributed by atoms with van der Waals surface area (Å²) in [5.74, 6) is 7.01. The van der Waals surface area contributed by atoms with Crippen molar-refractivity contribution in [1.29, 1.82) is 0 Å². The number of ether oxygens (including phenoxy) is 1. The molecule has 1 N–H and O–H groups in total.